The normalized spacial score (nSPS) is 21.0. The van der Waals surface area contributed by atoms with Gasteiger partial charge >= 0.3 is 0 Å². The molecule has 8 nitrogen and oxygen atoms in total. The molecule has 0 bridgehead atoms. The van der Waals surface area contributed by atoms with Gasteiger partial charge in [0.15, 0.2) is 5.65 Å². The van der Waals surface area contributed by atoms with Crippen LogP contribution in [0, 0.1) is 0 Å². The van der Waals surface area contributed by atoms with E-state index in [0.717, 1.165) is 42.8 Å². The quantitative estimate of drug-likeness (QED) is 0.795. The number of fused-ring (bicyclic) bond motifs is 1. The second-order valence-corrected chi connectivity index (χ2v) is 8.15. The van der Waals surface area contributed by atoms with Crippen molar-refractivity contribution in [3.63, 3.8) is 0 Å². The number of amides is 2. The molecule has 2 aliphatic heterocycles. The van der Waals surface area contributed by atoms with Gasteiger partial charge in [0.2, 0.25) is 11.8 Å². The second kappa shape index (κ2) is 8.49. The van der Waals surface area contributed by atoms with Crippen molar-refractivity contribution < 1.29 is 9.59 Å². The summed E-state index contributed by atoms with van der Waals surface area (Å²) in [4.78, 5) is 33.0. The van der Waals surface area contributed by atoms with Crippen LogP contribution in [0.25, 0.3) is 11.0 Å². The van der Waals surface area contributed by atoms with E-state index in [9.17, 15) is 9.59 Å². The molecule has 8 heteroatoms. The number of hydrogen-bond donors (Lipinski definition) is 1. The molecule has 29 heavy (non-hydrogen) atoms. The topological polar surface area (TPSA) is 83.4 Å². The molecule has 4 heterocycles. The summed E-state index contributed by atoms with van der Waals surface area (Å²) in [6.07, 6.45) is 5.07. The summed E-state index contributed by atoms with van der Waals surface area (Å²) >= 11 is 0. The van der Waals surface area contributed by atoms with E-state index >= 15 is 0 Å². The van der Waals surface area contributed by atoms with E-state index in [1.807, 2.05) is 22.6 Å². The Hall–Kier alpha value is -2.48. The number of carbonyl (C=O) groups is 2. The largest absolute Gasteiger partial charge is 0.354 e. The van der Waals surface area contributed by atoms with Crippen LogP contribution < -0.4 is 5.32 Å². The summed E-state index contributed by atoms with van der Waals surface area (Å²) < 4.78 is 1.87. The van der Waals surface area contributed by atoms with Crippen molar-refractivity contribution in [1.82, 2.24) is 29.9 Å². The Morgan fingerprint density at radius 2 is 2.07 bits per heavy atom. The van der Waals surface area contributed by atoms with Crippen molar-refractivity contribution in [2.75, 3.05) is 32.7 Å². The fourth-order valence-corrected chi connectivity index (χ4v) is 4.56. The van der Waals surface area contributed by atoms with Gasteiger partial charge in [-0.1, -0.05) is 0 Å². The Morgan fingerprint density at radius 1 is 1.28 bits per heavy atom. The van der Waals surface area contributed by atoms with Gasteiger partial charge in [-0.2, -0.15) is 5.10 Å². The highest BCUT2D eigenvalue weighted by Gasteiger charge is 2.34. The highest BCUT2D eigenvalue weighted by atomic mass is 16.2. The van der Waals surface area contributed by atoms with Crippen LogP contribution in [0.4, 0.5) is 0 Å². The lowest BCUT2D eigenvalue weighted by molar-refractivity contribution is -0.135. The van der Waals surface area contributed by atoms with Crippen LogP contribution in [0.3, 0.4) is 0 Å². The number of carbonyl (C=O) groups excluding carboxylic acids is 2. The first-order chi connectivity index (χ1) is 14.0. The summed E-state index contributed by atoms with van der Waals surface area (Å²) in [7, 11) is 0. The summed E-state index contributed by atoms with van der Waals surface area (Å²) in [6, 6.07) is 3.94. The predicted molar refractivity (Wildman–Crippen MR) is 110 cm³/mol. The maximum Gasteiger partial charge on any atom is 0.239 e. The second-order valence-electron chi connectivity index (χ2n) is 8.15. The lowest BCUT2D eigenvalue weighted by Gasteiger charge is -2.27. The molecule has 2 aromatic rings. The standard InChI is InChI=1S/C21H30N6O2/c1-15(25-10-3-4-11-25)21(29)26-12-7-17(14-26)19-18-6-5-8-23-20(18)27(24-19)13-9-22-16(2)28/h5-6,8,15,17H,3-4,7,9-14H2,1-2H3,(H,22,28)/t15-,17-/m0/s1. The van der Waals surface area contributed by atoms with Gasteiger partial charge in [0.1, 0.15) is 0 Å². The molecule has 1 N–H and O–H groups in total. The maximum atomic E-state index is 13.0. The maximum absolute atomic E-state index is 13.0. The van der Waals surface area contributed by atoms with Crippen LogP contribution in [0.1, 0.15) is 44.7 Å². The molecule has 2 saturated heterocycles. The smallest absolute Gasteiger partial charge is 0.239 e. The van der Waals surface area contributed by atoms with Gasteiger partial charge in [0.25, 0.3) is 0 Å². The molecule has 0 unspecified atom stereocenters. The number of likely N-dealkylation sites (tertiary alicyclic amines) is 2. The lowest BCUT2D eigenvalue weighted by Crippen LogP contribution is -2.45. The van der Waals surface area contributed by atoms with Crippen molar-refractivity contribution in [1.29, 1.82) is 0 Å². The van der Waals surface area contributed by atoms with Crippen LogP contribution in [0.2, 0.25) is 0 Å². The van der Waals surface area contributed by atoms with Gasteiger partial charge in [-0.15, -0.1) is 0 Å². The number of nitrogens with one attached hydrogen (secondary N) is 1. The monoisotopic (exact) mass is 398 g/mol. The third-order valence-electron chi connectivity index (χ3n) is 6.17. The highest BCUT2D eigenvalue weighted by molar-refractivity contribution is 5.83. The molecular weight excluding hydrogens is 368 g/mol. The molecule has 0 saturated carbocycles. The van der Waals surface area contributed by atoms with Gasteiger partial charge < -0.3 is 10.2 Å². The van der Waals surface area contributed by atoms with Gasteiger partial charge in [0.05, 0.1) is 18.3 Å². The van der Waals surface area contributed by atoms with Crippen molar-refractivity contribution in [3.8, 4) is 0 Å². The third kappa shape index (κ3) is 4.12. The minimum absolute atomic E-state index is 0.0372. The Morgan fingerprint density at radius 3 is 2.83 bits per heavy atom. The molecule has 0 spiro atoms. The van der Waals surface area contributed by atoms with Crippen molar-refractivity contribution in [2.45, 2.75) is 51.6 Å². The average molecular weight is 399 g/mol. The lowest BCUT2D eigenvalue weighted by atomic mass is 10.0. The van der Waals surface area contributed by atoms with Gasteiger partial charge in [-0.05, 0) is 51.4 Å². The van der Waals surface area contributed by atoms with E-state index < -0.39 is 0 Å². The summed E-state index contributed by atoms with van der Waals surface area (Å²) in [5.74, 6) is 0.409. The van der Waals surface area contributed by atoms with Crippen molar-refractivity contribution in [2.24, 2.45) is 0 Å². The fraction of sp³-hybridized carbons (Fsp3) is 0.619. The number of rotatable bonds is 6. The number of hydrogen-bond acceptors (Lipinski definition) is 5. The Balaban J connectivity index is 1.48. The fourth-order valence-electron chi connectivity index (χ4n) is 4.56. The zero-order valence-corrected chi connectivity index (χ0v) is 17.3. The van der Waals surface area contributed by atoms with Crippen LogP contribution in [-0.4, -0.2) is 75.1 Å². The first kappa shape index (κ1) is 19.8. The van der Waals surface area contributed by atoms with Gasteiger partial charge in [0, 0.05) is 44.1 Å². The molecule has 0 aromatic carbocycles. The highest BCUT2D eigenvalue weighted by Crippen LogP contribution is 2.32. The molecule has 2 aliphatic rings. The van der Waals surface area contributed by atoms with Crippen molar-refractivity contribution in [3.05, 3.63) is 24.0 Å². The molecule has 2 amide bonds. The zero-order valence-electron chi connectivity index (χ0n) is 17.3. The van der Waals surface area contributed by atoms with Crippen LogP contribution >= 0.6 is 0 Å². The molecule has 156 valence electrons. The molecule has 4 rings (SSSR count). The molecular formula is C21H30N6O2. The SMILES string of the molecule is CC(=O)NCCn1nc([C@H]2CCN(C(=O)[C@H](C)N3CCCC3)C2)c2cccnc21. The van der Waals surface area contributed by atoms with E-state index in [0.29, 0.717) is 19.6 Å². The minimum Gasteiger partial charge on any atom is -0.354 e. The Bertz CT molecular complexity index is 888. The molecule has 2 fully saturated rings. The Labute approximate surface area is 171 Å². The third-order valence-corrected chi connectivity index (χ3v) is 6.17. The summed E-state index contributed by atoms with van der Waals surface area (Å²) in [5.41, 5.74) is 1.85. The number of pyridine rings is 1. The molecule has 0 aliphatic carbocycles. The minimum atomic E-state index is -0.0493. The summed E-state index contributed by atoms with van der Waals surface area (Å²) in [5, 5.41) is 8.70. The number of aromatic nitrogens is 3. The first-order valence-corrected chi connectivity index (χ1v) is 10.6. The van der Waals surface area contributed by atoms with Crippen LogP contribution in [0.5, 0.6) is 0 Å². The van der Waals surface area contributed by atoms with Gasteiger partial charge in [-0.3, -0.25) is 14.5 Å². The predicted octanol–water partition coefficient (Wildman–Crippen LogP) is 1.37. The van der Waals surface area contributed by atoms with Crippen molar-refractivity contribution >= 4 is 22.8 Å². The average Bonchev–Trinajstić information content (AvgIpc) is 3.46. The van der Waals surface area contributed by atoms with Crippen LogP contribution in [-0.2, 0) is 16.1 Å². The van der Waals surface area contributed by atoms with E-state index in [1.54, 1.807) is 6.20 Å². The molecule has 0 radical (unpaired) electrons. The van der Waals surface area contributed by atoms with E-state index in [2.05, 4.69) is 21.3 Å². The first-order valence-electron chi connectivity index (χ1n) is 10.6. The number of nitrogens with zero attached hydrogens (tertiary/aromatic N) is 5. The zero-order chi connectivity index (χ0) is 20.4. The molecule has 2 atom stereocenters. The Kier molecular flexibility index (Phi) is 5.80. The van der Waals surface area contributed by atoms with Gasteiger partial charge in [-0.25, -0.2) is 9.67 Å². The van der Waals surface area contributed by atoms with E-state index in [1.165, 1.54) is 19.8 Å². The van der Waals surface area contributed by atoms with E-state index in [4.69, 9.17) is 5.10 Å². The van der Waals surface area contributed by atoms with Crippen LogP contribution in [0.15, 0.2) is 18.3 Å². The molecule has 2 aromatic heterocycles. The van der Waals surface area contributed by atoms with E-state index in [-0.39, 0.29) is 23.8 Å². The summed E-state index contributed by atoms with van der Waals surface area (Å²) in [6.45, 7) is 8.19.